The molecule has 1 aromatic carbocycles. The fourth-order valence-corrected chi connectivity index (χ4v) is 17.2. The van der Waals surface area contributed by atoms with Crippen LogP contribution in [-0.2, 0) is 9.84 Å². The molecule has 4 saturated carbocycles. The average molecular weight is 704 g/mol. The van der Waals surface area contributed by atoms with E-state index in [2.05, 4.69) is 59.5 Å². The predicted octanol–water partition coefficient (Wildman–Crippen LogP) is 6.83. The molecule has 2 heterocycles. The van der Waals surface area contributed by atoms with Gasteiger partial charge in [0.1, 0.15) is 17.0 Å². The summed E-state index contributed by atoms with van der Waals surface area (Å²) in [7, 11) is -2.84. The topological polar surface area (TPSA) is 87.9 Å². The van der Waals surface area contributed by atoms with Crippen LogP contribution in [0.3, 0.4) is 0 Å². The Morgan fingerprint density at radius 1 is 0.960 bits per heavy atom. The van der Waals surface area contributed by atoms with E-state index in [4.69, 9.17) is 0 Å². The Balaban J connectivity index is 1.05. The average Bonchev–Trinajstić information content (AvgIpc) is 3.72. The number of aromatic carboxylic acids is 1. The van der Waals surface area contributed by atoms with Gasteiger partial charge in [0.2, 0.25) is 0 Å². The standard InChI is InChI=1S/C43H62N2O4S/c1-27(2)32-14-19-43(44-22-23-45-25-31-24-30(45)26-50(31,48)49)21-20-41(6)34(37(32)43)12-13-36-40(5)17-15-33(28-8-10-29(11-9-28)38(46)47)39(3,4)35(40)16-18-42(36,41)7/h8-11,15,30-32,34-37,44H,1,12-14,16-26H2,2-7H3,(H,46,47)/p+1/t30?,31-,32-,34+,35?,36?,37?,40-,41+,42+,43-/m0/s1. The molecule has 2 aliphatic heterocycles. The van der Waals surface area contributed by atoms with Gasteiger partial charge in [0.15, 0.2) is 9.84 Å². The first-order chi connectivity index (χ1) is 23.5. The molecule has 2 bridgehead atoms. The van der Waals surface area contributed by atoms with Gasteiger partial charge >= 0.3 is 5.97 Å². The maximum Gasteiger partial charge on any atom is 0.335 e. The van der Waals surface area contributed by atoms with Gasteiger partial charge < -0.3 is 15.3 Å². The first kappa shape index (κ1) is 35.1. The largest absolute Gasteiger partial charge is 0.478 e. The Labute approximate surface area is 301 Å². The van der Waals surface area contributed by atoms with Gasteiger partial charge in [0.05, 0.1) is 18.7 Å². The van der Waals surface area contributed by atoms with Gasteiger partial charge in [-0.2, -0.15) is 0 Å². The van der Waals surface area contributed by atoms with Crippen molar-refractivity contribution in [1.82, 2.24) is 5.32 Å². The number of rotatable bonds is 7. The van der Waals surface area contributed by atoms with Gasteiger partial charge in [0.25, 0.3) is 0 Å². The number of hydrogen-bond donors (Lipinski definition) is 3. The van der Waals surface area contributed by atoms with E-state index in [-0.39, 0.29) is 32.4 Å². The fraction of sp³-hybridized carbons (Fsp3) is 0.744. The minimum atomic E-state index is -2.84. The maximum atomic E-state index is 12.4. The summed E-state index contributed by atoms with van der Waals surface area (Å²) in [4.78, 5) is 13.1. The van der Waals surface area contributed by atoms with E-state index in [0.29, 0.717) is 46.9 Å². The summed E-state index contributed by atoms with van der Waals surface area (Å²) in [6.45, 7) is 22.7. The summed E-state index contributed by atoms with van der Waals surface area (Å²) < 4.78 is 24.8. The van der Waals surface area contributed by atoms with Gasteiger partial charge in [-0.15, -0.1) is 0 Å². The lowest BCUT2D eigenvalue weighted by Crippen LogP contribution is -3.16. The Hall–Kier alpha value is -1.96. The molecule has 0 spiro atoms. The Bertz CT molecular complexity index is 1720. The van der Waals surface area contributed by atoms with Crippen molar-refractivity contribution in [2.45, 2.75) is 123 Å². The van der Waals surface area contributed by atoms with Crippen LogP contribution in [0, 0.1) is 51.2 Å². The summed E-state index contributed by atoms with van der Waals surface area (Å²) in [6, 6.07) is 7.90. The third-order valence-electron chi connectivity index (χ3n) is 17.6. The summed E-state index contributed by atoms with van der Waals surface area (Å²) in [5, 5.41) is 13.7. The van der Waals surface area contributed by atoms with Crippen molar-refractivity contribution in [1.29, 1.82) is 0 Å². The van der Waals surface area contributed by atoms with Crippen LogP contribution in [0.2, 0.25) is 0 Å². The molecule has 6 fully saturated rings. The quantitative estimate of drug-likeness (QED) is 0.271. The molecule has 0 radical (unpaired) electrons. The summed E-state index contributed by atoms with van der Waals surface area (Å²) in [5.41, 5.74) is 5.29. The van der Waals surface area contributed by atoms with E-state index in [1.807, 2.05) is 12.1 Å². The van der Waals surface area contributed by atoms with Crippen molar-refractivity contribution in [3.05, 3.63) is 53.6 Å². The van der Waals surface area contributed by atoms with Crippen LogP contribution in [0.15, 0.2) is 42.5 Å². The first-order valence-corrected chi connectivity index (χ1v) is 21.7. The summed E-state index contributed by atoms with van der Waals surface area (Å²) in [6.07, 6.45) is 14.7. The van der Waals surface area contributed by atoms with Crippen LogP contribution in [-0.4, -0.2) is 61.7 Å². The second-order valence-electron chi connectivity index (χ2n) is 19.7. The molecular weight excluding hydrogens is 641 g/mol. The number of carbonyl (C=O) groups is 1. The fourth-order valence-electron chi connectivity index (χ4n) is 15.0. The highest BCUT2D eigenvalue weighted by atomic mass is 32.2. The zero-order chi connectivity index (χ0) is 35.6. The summed E-state index contributed by atoms with van der Waals surface area (Å²) >= 11 is 0. The molecule has 5 aliphatic carbocycles. The van der Waals surface area contributed by atoms with Gasteiger partial charge in [-0.1, -0.05) is 65.0 Å². The molecule has 7 heteroatoms. The Morgan fingerprint density at radius 2 is 1.70 bits per heavy atom. The molecular formula is C43H63N2O4S+. The highest BCUT2D eigenvalue weighted by molar-refractivity contribution is 7.92. The normalized spacial score (nSPS) is 46.6. The zero-order valence-corrected chi connectivity index (χ0v) is 32.4. The highest BCUT2D eigenvalue weighted by Gasteiger charge is 2.70. The van der Waals surface area contributed by atoms with Crippen molar-refractivity contribution in [2.24, 2.45) is 51.2 Å². The number of quaternary nitrogens is 1. The van der Waals surface area contributed by atoms with Crippen LogP contribution in [0.1, 0.15) is 122 Å². The molecule has 5 unspecified atom stereocenters. The smallest absolute Gasteiger partial charge is 0.335 e. The zero-order valence-electron chi connectivity index (χ0n) is 31.6. The predicted molar refractivity (Wildman–Crippen MR) is 201 cm³/mol. The molecule has 50 heavy (non-hydrogen) atoms. The van der Waals surface area contributed by atoms with E-state index in [9.17, 15) is 18.3 Å². The number of benzene rings is 1. The second-order valence-corrected chi connectivity index (χ2v) is 22.0. The van der Waals surface area contributed by atoms with Crippen molar-refractivity contribution in [3.8, 4) is 0 Å². The van der Waals surface area contributed by atoms with Crippen molar-refractivity contribution < 1.29 is 23.2 Å². The number of carboxylic acid groups (broad SMARTS) is 1. The van der Waals surface area contributed by atoms with Crippen LogP contribution >= 0.6 is 0 Å². The van der Waals surface area contributed by atoms with Crippen LogP contribution < -0.4 is 10.2 Å². The van der Waals surface area contributed by atoms with Crippen molar-refractivity contribution in [2.75, 3.05) is 25.4 Å². The second kappa shape index (κ2) is 11.5. The Morgan fingerprint density at radius 3 is 2.34 bits per heavy atom. The minimum Gasteiger partial charge on any atom is -0.478 e. The monoisotopic (exact) mass is 703 g/mol. The molecule has 274 valence electrons. The highest BCUT2D eigenvalue weighted by Crippen LogP contribution is 2.76. The van der Waals surface area contributed by atoms with Gasteiger partial charge in [-0.25, -0.2) is 13.2 Å². The number of hydrogen-bond acceptors (Lipinski definition) is 4. The van der Waals surface area contributed by atoms with Crippen LogP contribution in [0.4, 0.5) is 0 Å². The third-order valence-corrected chi connectivity index (χ3v) is 19.8. The van der Waals surface area contributed by atoms with Crippen molar-refractivity contribution >= 4 is 21.4 Å². The molecule has 3 N–H and O–H groups in total. The third kappa shape index (κ3) is 4.83. The van der Waals surface area contributed by atoms with Crippen molar-refractivity contribution in [3.63, 3.8) is 0 Å². The molecule has 7 aliphatic rings. The number of nitrogens with one attached hydrogen (secondary N) is 2. The molecule has 0 aromatic heterocycles. The lowest BCUT2D eigenvalue weighted by molar-refractivity contribution is -0.909. The number of sulfone groups is 1. The molecule has 8 rings (SSSR count). The minimum absolute atomic E-state index is 0.0139. The Kier molecular flexibility index (Phi) is 8.08. The molecule has 12 atom stereocenters. The maximum absolute atomic E-state index is 12.4. The van der Waals surface area contributed by atoms with E-state index >= 15 is 0 Å². The van der Waals surface area contributed by atoms with Gasteiger partial charge in [-0.3, -0.25) is 0 Å². The van der Waals surface area contributed by atoms with E-state index in [1.54, 1.807) is 12.1 Å². The van der Waals surface area contributed by atoms with E-state index < -0.39 is 15.8 Å². The number of allylic oxidation sites excluding steroid dienone is 3. The van der Waals surface area contributed by atoms with Crippen LogP contribution in [0.5, 0.6) is 0 Å². The number of fused-ring (bicyclic) bond motifs is 9. The van der Waals surface area contributed by atoms with E-state index in [0.717, 1.165) is 32.5 Å². The molecule has 6 nitrogen and oxygen atoms in total. The lowest BCUT2D eigenvalue weighted by Gasteiger charge is -2.72. The SMILES string of the molecule is C=C(C)[C@@H]1CC[C@]2(NCC[NH+]3C[C@@H]4CC3CS4(=O)=O)CC[C@]3(C)[C@H](CCC4[C@@]5(C)CC=C(c6ccc(C(=O)O)cc6)C(C)(C)C5CC[C@]43C)C12. The molecule has 2 saturated heterocycles. The molecule has 1 aromatic rings. The van der Waals surface area contributed by atoms with Crippen LogP contribution in [0.25, 0.3) is 5.57 Å². The summed E-state index contributed by atoms with van der Waals surface area (Å²) in [5.74, 6) is 2.68. The lowest BCUT2D eigenvalue weighted by atomic mass is 9.33. The van der Waals surface area contributed by atoms with E-state index in [1.165, 1.54) is 73.0 Å². The van der Waals surface area contributed by atoms with Gasteiger partial charge in [0, 0.05) is 18.5 Å². The number of likely N-dealkylation sites (tertiary alicyclic amines) is 1. The first-order valence-electron chi connectivity index (χ1n) is 20.0. The van der Waals surface area contributed by atoms with Gasteiger partial charge in [-0.05, 0) is 139 Å². The molecule has 0 amide bonds. The number of carboxylic acids is 1.